The molecule has 4 rings (SSSR count). The van der Waals surface area contributed by atoms with E-state index in [-0.39, 0.29) is 5.69 Å². The van der Waals surface area contributed by atoms with Gasteiger partial charge in [-0.05, 0) is 29.7 Å². The average Bonchev–Trinajstić information content (AvgIpc) is 2.84. The Balaban J connectivity index is 1.61. The predicted octanol–water partition coefficient (Wildman–Crippen LogP) is 1.51. The third-order valence-electron chi connectivity index (χ3n) is 4.03. The molecule has 0 N–H and O–H groups in total. The summed E-state index contributed by atoms with van der Waals surface area (Å²) >= 11 is 0. The first-order valence-corrected chi connectivity index (χ1v) is 7.14. The molecule has 1 aromatic carbocycles. The van der Waals surface area contributed by atoms with E-state index in [4.69, 9.17) is 0 Å². The van der Waals surface area contributed by atoms with Gasteiger partial charge in [0, 0.05) is 19.3 Å². The second kappa shape index (κ2) is 4.86. The Hall–Kier alpha value is -2.40. The average molecular weight is 280 g/mol. The number of nitrogens with zero attached hydrogens (tertiary/aromatic N) is 4. The zero-order valence-corrected chi connectivity index (χ0v) is 11.6. The summed E-state index contributed by atoms with van der Waals surface area (Å²) in [5.74, 6) is 0. The third kappa shape index (κ3) is 2.15. The molecule has 0 unspecified atom stereocenters. The molecule has 106 valence electrons. The predicted molar refractivity (Wildman–Crippen MR) is 80.0 cm³/mol. The summed E-state index contributed by atoms with van der Waals surface area (Å²) in [6.07, 6.45) is 2.78. The normalized spacial score (nSPS) is 15.2. The Morgan fingerprint density at radius 1 is 1.05 bits per heavy atom. The zero-order chi connectivity index (χ0) is 14.2. The van der Waals surface area contributed by atoms with Crippen molar-refractivity contribution >= 4 is 5.65 Å². The van der Waals surface area contributed by atoms with Gasteiger partial charge >= 0.3 is 5.69 Å². The van der Waals surface area contributed by atoms with Gasteiger partial charge in [0.05, 0.1) is 6.67 Å². The Bertz CT molecular complexity index is 849. The van der Waals surface area contributed by atoms with Crippen LogP contribution in [0.3, 0.4) is 0 Å². The molecule has 0 radical (unpaired) electrons. The molecule has 0 spiro atoms. The van der Waals surface area contributed by atoms with Gasteiger partial charge < -0.3 is 0 Å². The van der Waals surface area contributed by atoms with Crippen LogP contribution in [0.4, 0.5) is 0 Å². The van der Waals surface area contributed by atoms with Crippen LogP contribution >= 0.6 is 0 Å². The van der Waals surface area contributed by atoms with Crippen molar-refractivity contribution in [1.29, 1.82) is 0 Å². The fourth-order valence-electron chi connectivity index (χ4n) is 2.92. The molecule has 0 bridgehead atoms. The SMILES string of the molecule is O=c1n(CN2CCc3ccccc3C2)nc2ccccn12. The standard InChI is InChI=1S/C16H16N4O/c21-16-19-9-4-3-7-15(19)17-20(16)12-18-10-8-13-5-1-2-6-14(13)11-18/h1-7,9H,8,10-12H2. The number of fused-ring (bicyclic) bond motifs is 2. The van der Waals surface area contributed by atoms with Gasteiger partial charge in [-0.1, -0.05) is 30.3 Å². The summed E-state index contributed by atoms with van der Waals surface area (Å²) < 4.78 is 3.13. The molecular formula is C16H16N4O. The van der Waals surface area contributed by atoms with Crippen LogP contribution in [-0.2, 0) is 19.6 Å². The molecule has 2 aromatic heterocycles. The van der Waals surface area contributed by atoms with Gasteiger partial charge in [0.2, 0.25) is 0 Å². The van der Waals surface area contributed by atoms with E-state index in [0.717, 1.165) is 19.5 Å². The summed E-state index contributed by atoms with van der Waals surface area (Å²) in [5, 5.41) is 4.39. The maximum atomic E-state index is 12.3. The molecule has 1 aliphatic rings. The Labute approximate surface area is 122 Å². The lowest BCUT2D eigenvalue weighted by atomic mass is 10.0. The van der Waals surface area contributed by atoms with E-state index in [1.807, 2.05) is 18.2 Å². The molecule has 1 aliphatic heterocycles. The summed E-state index contributed by atoms with van der Waals surface area (Å²) in [7, 11) is 0. The van der Waals surface area contributed by atoms with Crippen molar-refractivity contribution in [2.45, 2.75) is 19.6 Å². The molecule has 5 heteroatoms. The third-order valence-corrected chi connectivity index (χ3v) is 4.03. The largest absolute Gasteiger partial charge is 0.351 e. The van der Waals surface area contributed by atoms with E-state index in [1.165, 1.54) is 11.1 Å². The molecule has 0 saturated carbocycles. The molecular weight excluding hydrogens is 264 g/mol. The van der Waals surface area contributed by atoms with Crippen LogP contribution in [0.15, 0.2) is 53.5 Å². The highest BCUT2D eigenvalue weighted by Gasteiger charge is 2.17. The van der Waals surface area contributed by atoms with E-state index in [1.54, 1.807) is 15.3 Å². The lowest BCUT2D eigenvalue weighted by Crippen LogP contribution is -2.36. The van der Waals surface area contributed by atoms with E-state index in [0.29, 0.717) is 12.3 Å². The molecule has 3 aromatic rings. The molecule has 0 amide bonds. The summed E-state index contributed by atoms with van der Waals surface area (Å²) in [4.78, 5) is 14.5. The second-order valence-corrected chi connectivity index (χ2v) is 5.42. The molecule has 0 saturated heterocycles. The van der Waals surface area contributed by atoms with E-state index in [9.17, 15) is 4.79 Å². The maximum absolute atomic E-state index is 12.3. The van der Waals surface area contributed by atoms with Crippen LogP contribution < -0.4 is 5.69 Å². The lowest BCUT2D eigenvalue weighted by molar-refractivity contribution is 0.187. The van der Waals surface area contributed by atoms with Gasteiger partial charge in [-0.15, -0.1) is 5.10 Å². The zero-order valence-electron chi connectivity index (χ0n) is 11.6. The lowest BCUT2D eigenvalue weighted by Gasteiger charge is -2.27. The number of rotatable bonds is 2. The molecule has 5 nitrogen and oxygen atoms in total. The van der Waals surface area contributed by atoms with Crippen LogP contribution in [0.5, 0.6) is 0 Å². The van der Waals surface area contributed by atoms with Crippen LogP contribution in [0.2, 0.25) is 0 Å². The monoisotopic (exact) mass is 280 g/mol. The molecule has 0 fully saturated rings. The van der Waals surface area contributed by atoms with Crippen LogP contribution in [0.1, 0.15) is 11.1 Å². The number of aromatic nitrogens is 3. The molecule has 0 atom stereocenters. The first kappa shape index (κ1) is 12.3. The van der Waals surface area contributed by atoms with Gasteiger partial charge in [-0.3, -0.25) is 9.30 Å². The van der Waals surface area contributed by atoms with Gasteiger partial charge in [-0.2, -0.15) is 4.68 Å². The van der Waals surface area contributed by atoms with Crippen LogP contribution in [0.25, 0.3) is 5.65 Å². The van der Waals surface area contributed by atoms with Gasteiger partial charge in [0.15, 0.2) is 5.65 Å². The van der Waals surface area contributed by atoms with Crippen molar-refractivity contribution in [3.63, 3.8) is 0 Å². The summed E-state index contributed by atoms with van der Waals surface area (Å²) in [6, 6.07) is 14.1. The maximum Gasteiger partial charge on any atom is 0.351 e. The first-order valence-electron chi connectivity index (χ1n) is 7.14. The summed E-state index contributed by atoms with van der Waals surface area (Å²) in [6.45, 7) is 2.36. The van der Waals surface area contributed by atoms with Gasteiger partial charge in [0.25, 0.3) is 0 Å². The number of pyridine rings is 1. The van der Waals surface area contributed by atoms with Crippen LogP contribution in [0, 0.1) is 0 Å². The minimum absolute atomic E-state index is 0.0792. The number of hydrogen-bond acceptors (Lipinski definition) is 3. The Morgan fingerprint density at radius 2 is 1.86 bits per heavy atom. The van der Waals surface area contributed by atoms with Crippen molar-refractivity contribution < 1.29 is 0 Å². The number of benzene rings is 1. The highest BCUT2D eigenvalue weighted by molar-refractivity contribution is 5.35. The topological polar surface area (TPSA) is 42.5 Å². The van der Waals surface area contributed by atoms with E-state index in [2.05, 4.69) is 34.3 Å². The smallest absolute Gasteiger partial charge is 0.280 e. The van der Waals surface area contributed by atoms with Crippen molar-refractivity contribution in [3.05, 3.63) is 70.3 Å². The number of hydrogen-bond donors (Lipinski definition) is 0. The van der Waals surface area contributed by atoms with Crippen molar-refractivity contribution in [3.8, 4) is 0 Å². The minimum atomic E-state index is -0.0792. The van der Waals surface area contributed by atoms with Crippen molar-refractivity contribution in [2.24, 2.45) is 0 Å². The second-order valence-electron chi connectivity index (χ2n) is 5.42. The quantitative estimate of drug-likeness (QED) is 0.714. The minimum Gasteiger partial charge on any atom is -0.280 e. The van der Waals surface area contributed by atoms with Gasteiger partial charge in [0.1, 0.15) is 0 Å². The van der Waals surface area contributed by atoms with Crippen LogP contribution in [-0.4, -0.2) is 25.6 Å². The highest BCUT2D eigenvalue weighted by atomic mass is 16.2. The molecule has 3 heterocycles. The van der Waals surface area contributed by atoms with Crippen molar-refractivity contribution in [1.82, 2.24) is 19.1 Å². The van der Waals surface area contributed by atoms with E-state index < -0.39 is 0 Å². The Kier molecular flexibility index (Phi) is 2.86. The fourth-order valence-corrected chi connectivity index (χ4v) is 2.92. The van der Waals surface area contributed by atoms with Crippen molar-refractivity contribution in [2.75, 3.05) is 6.54 Å². The molecule has 0 aliphatic carbocycles. The Morgan fingerprint density at radius 3 is 2.71 bits per heavy atom. The van der Waals surface area contributed by atoms with Gasteiger partial charge in [-0.25, -0.2) is 4.79 Å². The summed E-state index contributed by atoms with van der Waals surface area (Å²) in [5.41, 5.74) is 3.38. The first-order chi connectivity index (χ1) is 10.3. The van der Waals surface area contributed by atoms with E-state index >= 15 is 0 Å². The highest BCUT2D eigenvalue weighted by Crippen LogP contribution is 2.18. The molecule has 21 heavy (non-hydrogen) atoms. The fraction of sp³-hybridized carbons (Fsp3) is 0.250.